The second kappa shape index (κ2) is 10.2. The number of aromatic nitrogens is 3. The Kier molecular flexibility index (Phi) is 7.42. The first-order valence-electron chi connectivity index (χ1n) is 11.4. The SMILES string of the molecule is Cl.Cl.O=c1cnc2ccc(F)c3c2n1CC3CN1CCC(NCc2cc3c(cn2)OCC3)CC1. The summed E-state index contributed by atoms with van der Waals surface area (Å²) in [6, 6.07) is 5.73. The van der Waals surface area contributed by atoms with Crippen molar-refractivity contribution >= 4 is 35.8 Å². The monoisotopic (exact) mass is 507 g/mol. The van der Waals surface area contributed by atoms with Gasteiger partial charge in [0.05, 0.1) is 35.7 Å². The first kappa shape index (κ1) is 24.9. The Bertz CT molecular complexity index is 1250. The maximum absolute atomic E-state index is 14.7. The molecule has 3 aliphatic rings. The highest BCUT2D eigenvalue weighted by molar-refractivity contribution is 5.85. The molecule has 182 valence electrons. The standard InChI is InChI=1S/C24H26FN5O2.2ClH/c25-19-1-2-20-24-23(19)16(14-30(24)22(31)12-28-20)13-29-6-3-17(4-7-29)26-10-18-9-15-5-8-32-21(15)11-27-18;;/h1-2,9,11-12,16-17,26H,3-8,10,13-14H2;2*1H. The Balaban J connectivity index is 0.00000137. The number of ether oxygens (including phenoxy) is 1. The Morgan fingerprint density at radius 1 is 1.15 bits per heavy atom. The van der Waals surface area contributed by atoms with Crippen LogP contribution < -0.4 is 15.6 Å². The van der Waals surface area contributed by atoms with Crippen molar-refractivity contribution in [3.8, 4) is 5.75 Å². The number of hydrogen-bond acceptors (Lipinski definition) is 6. The van der Waals surface area contributed by atoms with Crippen LogP contribution >= 0.6 is 24.8 Å². The molecular weight excluding hydrogens is 480 g/mol. The molecule has 0 radical (unpaired) electrons. The molecule has 6 rings (SSSR count). The van der Waals surface area contributed by atoms with Gasteiger partial charge in [-0.25, -0.2) is 9.37 Å². The van der Waals surface area contributed by atoms with Crippen LogP contribution in [0.15, 0.2) is 35.4 Å². The molecule has 1 unspecified atom stereocenters. The number of rotatable bonds is 5. The van der Waals surface area contributed by atoms with Crippen LogP contribution in [0.2, 0.25) is 0 Å². The number of halogens is 3. The maximum atomic E-state index is 14.7. The van der Waals surface area contributed by atoms with Crippen LogP contribution in [0.25, 0.3) is 11.0 Å². The molecule has 1 N–H and O–H groups in total. The highest BCUT2D eigenvalue weighted by Gasteiger charge is 2.31. The van der Waals surface area contributed by atoms with E-state index in [0.717, 1.165) is 63.5 Å². The van der Waals surface area contributed by atoms with Gasteiger partial charge in [0.15, 0.2) is 0 Å². The van der Waals surface area contributed by atoms with Gasteiger partial charge in [0.1, 0.15) is 11.6 Å². The molecule has 1 saturated heterocycles. The molecule has 3 aliphatic heterocycles. The highest BCUT2D eigenvalue weighted by Crippen LogP contribution is 2.35. The fourth-order valence-corrected chi connectivity index (χ4v) is 5.40. The van der Waals surface area contributed by atoms with Crippen molar-refractivity contribution in [1.29, 1.82) is 0 Å². The minimum atomic E-state index is -0.232. The van der Waals surface area contributed by atoms with E-state index in [1.54, 1.807) is 10.6 Å². The van der Waals surface area contributed by atoms with Crippen LogP contribution in [0.5, 0.6) is 5.75 Å². The van der Waals surface area contributed by atoms with E-state index >= 15 is 0 Å². The third-order valence-electron chi connectivity index (χ3n) is 7.08. The van der Waals surface area contributed by atoms with E-state index in [1.807, 2.05) is 6.20 Å². The summed E-state index contributed by atoms with van der Waals surface area (Å²) in [5, 5.41) is 3.65. The van der Waals surface area contributed by atoms with Gasteiger partial charge in [-0.3, -0.25) is 9.78 Å². The van der Waals surface area contributed by atoms with Crippen molar-refractivity contribution < 1.29 is 9.13 Å². The topological polar surface area (TPSA) is 72.3 Å². The first-order valence-corrected chi connectivity index (χ1v) is 11.4. The molecule has 1 fully saturated rings. The average molecular weight is 508 g/mol. The van der Waals surface area contributed by atoms with Crippen LogP contribution in [-0.2, 0) is 19.5 Å². The minimum absolute atomic E-state index is 0. The fraction of sp³-hybridized carbons (Fsp3) is 0.458. The van der Waals surface area contributed by atoms with E-state index in [0.29, 0.717) is 29.2 Å². The zero-order valence-electron chi connectivity index (χ0n) is 18.7. The molecule has 1 atom stereocenters. The summed E-state index contributed by atoms with van der Waals surface area (Å²) in [5.74, 6) is 0.671. The lowest BCUT2D eigenvalue weighted by molar-refractivity contribution is 0.184. The van der Waals surface area contributed by atoms with Crippen molar-refractivity contribution in [1.82, 2.24) is 24.8 Å². The molecule has 2 aromatic heterocycles. The van der Waals surface area contributed by atoms with Gasteiger partial charge >= 0.3 is 0 Å². The number of pyridine rings is 1. The van der Waals surface area contributed by atoms with Crippen LogP contribution in [0, 0.1) is 5.82 Å². The molecule has 3 aromatic rings. The van der Waals surface area contributed by atoms with Gasteiger partial charge in [-0.1, -0.05) is 0 Å². The number of likely N-dealkylation sites (tertiary alicyclic amines) is 1. The Labute approximate surface area is 209 Å². The molecular formula is C24H28Cl2FN5O2. The number of nitrogens with one attached hydrogen (secondary N) is 1. The summed E-state index contributed by atoms with van der Waals surface area (Å²) in [4.78, 5) is 23.4. The average Bonchev–Trinajstić information content (AvgIpc) is 3.43. The molecule has 1 aromatic carbocycles. The number of hydrogen-bond donors (Lipinski definition) is 1. The molecule has 7 nitrogen and oxygen atoms in total. The summed E-state index contributed by atoms with van der Waals surface area (Å²) < 4.78 is 21.9. The molecule has 0 spiro atoms. The van der Waals surface area contributed by atoms with E-state index < -0.39 is 0 Å². The summed E-state index contributed by atoms with van der Waals surface area (Å²) in [7, 11) is 0. The maximum Gasteiger partial charge on any atom is 0.269 e. The second-order valence-corrected chi connectivity index (χ2v) is 9.07. The minimum Gasteiger partial charge on any atom is -0.491 e. The highest BCUT2D eigenvalue weighted by atomic mass is 35.5. The predicted octanol–water partition coefficient (Wildman–Crippen LogP) is 3.06. The summed E-state index contributed by atoms with van der Waals surface area (Å²) in [6.07, 6.45) is 6.23. The number of nitrogens with zero attached hydrogens (tertiary/aromatic N) is 4. The normalized spacial score (nSPS) is 19.4. The second-order valence-electron chi connectivity index (χ2n) is 9.07. The van der Waals surface area contributed by atoms with Gasteiger partial charge in [-0.2, -0.15) is 0 Å². The molecule has 0 bridgehead atoms. The zero-order chi connectivity index (χ0) is 21.7. The molecule has 0 amide bonds. The van der Waals surface area contributed by atoms with Crippen molar-refractivity contribution in [2.75, 3.05) is 26.2 Å². The Hall–Kier alpha value is -2.26. The molecule has 34 heavy (non-hydrogen) atoms. The van der Waals surface area contributed by atoms with Gasteiger partial charge in [-0.05, 0) is 44.1 Å². The molecule has 0 saturated carbocycles. The van der Waals surface area contributed by atoms with Gasteiger partial charge in [0.2, 0.25) is 0 Å². The molecule has 5 heterocycles. The van der Waals surface area contributed by atoms with Crippen LogP contribution in [-0.4, -0.2) is 51.7 Å². The van der Waals surface area contributed by atoms with Crippen molar-refractivity contribution in [2.24, 2.45) is 0 Å². The van der Waals surface area contributed by atoms with Crippen LogP contribution in [0.4, 0.5) is 4.39 Å². The first-order chi connectivity index (χ1) is 15.7. The fourth-order valence-electron chi connectivity index (χ4n) is 5.40. The third-order valence-corrected chi connectivity index (χ3v) is 7.08. The quantitative estimate of drug-likeness (QED) is 0.572. The Morgan fingerprint density at radius 2 is 1.97 bits per heavy atom. The van der Waals surface area contributed by atoms with Crippen molar-refractivity contribution in [2.45, 2.75) is 44.3 Å². The largest absolute Gasteiger partial charge is 0.491 e. The molecule has 0 aliphatic carbocycles. The van der Waals surface area contributed by atoms with Gasteiger partial charge in [0.25, 0.3) is 5.56 Å². The summed E-state index contributed by atoms with van der Waals surface area (Å²) >= 11 is 0. The lowest BCUT2D eigenvalue weighted by Gasteiger charge is -2.34. The van der Waals surface area contributed by atoms with E-state index in [9.17, 15) is 9.18 Å². The van der Waals surface area contributed by atoms with E-state index in [-0.39, 0.29) is 42.1 Å². The summed E-state index contributed by atoms with van der Waals surface area (Å²) in [5.41, 5.74) is 4.18. The Morgan fingerprint density at radius 3 is 2.79 bits per heavy atom. The number of benzene rings is 1. The van der Waals surface area contributed by atoms with E-state index in [2.05, 4.69) is 26.3 Å². The van der Waals surface area contributed by atoms with Gasteiger partial charge < -0.3 is 19.5 Å². The van der Waals surface area contributed by atoms with Crippen LogP contribution in [0.1, 0.15) is 35.6 Å². The number of piperidine rings is 1. The van der Waals surface area contributed by atoms with Crippen molar-refractivity contribution in [3.05, 3.63) is 63.6 Å². The van der Waals surface area contributed by atoms with Crippen LogP contribution in [0.3, 0.4) is 0 Å². The van der Waals surface area contributed by atoms with Gasteiger partial charge in [-0.15, -0.1) is 24.8 Å². The van der Waals surface area contributed by atoms with Crippen molar-refractivity contribution in [3.63, 3.8) is 0 Å². The van der Waals surface area contributed by atoms with Gasteiger partial charge in [0, 0.05) is 49.1 Å². The lowest BCUT2D eigenvalue weighted by Crippen LogP contribution is -2.43. The third kappa shape index (κ3) is 4.52. The van der Waals surface area contributed by atoms with E-state index in [1.165, 1.54) is 17.8 Å². The summed E-state index contributed by atoms with van der Waals surface area (Å²) in [6.45, 7) is 4.72. The molecule has 10 heteroatoms. The van der Waals surface area contributed by atoms with E-state index in [4.69, 9.17) is 4.74 Å². The number of fused-ring (bicyclic) bond motifs is 1. The smallest absolute Gasteiger partial charge is 0.269 e. The zero-order valence-corrected chi connectivity index (χ0v) is 20.3. The lowest BCUT2D eigenvalue weighted by atomic mass is 9.97. The predicted molar refractivity (Wildman–Crippen MR) is 133 cm³/mol.